The minimum Gasteiger partial charge on any atom is -0.454 e. The van der Waals surface area contributed by atoms with Gasteiger partial charge in [-0.15, -0.1) is 0 Å². The van der Waals surface area contributed by atoms with E-state index in [0.29, 0.717) is 20.9 Å². The Hall–Kier alpha value is -1.27. The van der Waals surface area contributed by atoms with Crippen molar-refractivity contribution in [2.45, 2.75) is 4.90 Å². The van der Waals surface area contributed by atoms with Crippen LogP contribution in [0.15, 0.2) is 47.5 Å². The first-order valence-corrected chi connectivity index (χ1v) is 11.0. The summed E-state index contributed by atoms with van der Waals surface area (Å²) in [6, 6.07) is 9.35. The zero-order valence-corrected chi connectivity index (χ0v) is 18.0. The molecule has 3 N–H and O–H groups in total. The highest BCUT2D eigenvalue weighted by Gasteiger charge is 2.18. The number of hydrogen-bond donors (Lipinski definition) is 2. The van der Waals surface area contributed by atoms with E-state index >= 15 is 0 Å². The second kappa shape index (κ2) is 7.77. The van der Waals surface area contributed by atoms with Gasteiger partial charge in [0.2, 0.25) is 0 Å². The third-order valence-corrected chi connectivity index (χ3v) is 6.68. The van der Waals surface area contributed by atoms with Crippen LogP contribution in [0.2, 0.25) is 9.36 Å². The van der Waals surface area contributed by atoms with Crippen LogP contribution in [0.4, 0.5) is 10.8 Å². The van der Waals surface area contributed by atoms with Gasteiger partial charge in [-0.25, -0.2) is 13.4 Å². The van der Waals surface area contributed by atoms with Gasteiger partial charge in [0.1, 0.15) is 15.8 Å². The van der Waals surface area contributed by atoms with Gasteiger partial charge in [0.15, 0.2) is 5.13 Å². The normalized spacial score (nSPS) is 11.3. The Kier molecular flexibility index (Phi) is 5.82. The van der Waals surface area contributed by atoms with Crippen molar-refractivity contribution < 1.29 is 13.2 Å². The monoisotopic (exact) mass is 541 g/mol. The molecule has 3 aromatic rings. The highest BCUT2D eigenvalue weighted by molar-refractivity contribution is 14.1. The summed E-state index contributed by atoms with van der Waals surface area (Å²) >= 11 is 14.8. The van der Waals surface area contributed by atoms with Crippen molar-refractivity contribution in [2.24, 2.45) is 0 Å². The number of sulfonamides is 1. The Morgan fingerprint density at radius 1 is 1.15 bits per heavy atom. The van der Waals surface area contributed by atoms with Crippen LogP contribution in [-0.4, -0.2) is 13.4 Å². The summed E-state index contributed by atoms with van der Waals surface area (Å²) in [5, 5.41) is 0.758. The van der Waals surface area contributed by atoms with Gasteiger partial charge < -0.3 is 10.5 Å². The van der Waals surface area contributed by atoms with E-state index < -0.39 is 10.0 Å². The van der Waals surface area contributed by atoms with E-state index in [1.807, 2.05) is 0 Å². The van der Waals surface area contributed by atoms with Crippen molar-refractivity contribution in [3.8, 4) is 11.5 Å². The Labute approximate surface area is 177 Å². The maximum absolute atomic E-state index is 12.4. The third-order valence-electron chi connectivity index (χ3n) is 3.10. The van der Waals surface area contributed by atoms with Crippen LogP contribution in [0.1, 0.15) is 0 Å². The predicted molar refractivity (Wildman–Crippen MR) is 113 cm³/mol. The fraction of sp³-hybridized carbons (Fsp3) is 0. The summed E-state index contributed by atoms with van der Waals surface area (Å²) in [7, 11) is -3.84. The summed E-state index contributed by atoms with van der Waals surface area (Å²) in [6.45, 7) is 0. The topological polar surface area (TPSA) is 94.3 Å². The molecule has 0 aliphatic carbocycles. The SMILES string of the molecule is Nc1cc(S(=O)(=O)Nc2ncc(Cl)s2)ccc1Oc1ccc(Cl)cc1I. The van der Waals surface area contributed by atoms with Crippen molar-refractivity contribution >= 4 is 78.0 Å². The van der Waals surface area contributed by atoms with Crippen LogP contribution in [0.5, 0.6) is 11.5 Å². The summed E-state index contributed by atoms with van der Waals surface area (Å²) in [6.07, 6.45) is 1.36. The molecule has 0 atom stereocenters. The number of hydrogen-bond acceptors (Lipinski definition) is 6. The van der Waals surface area contributed by atoms with Gasteiger partial charge in [-0.2, -0.15) is 0 Å². The number of aromatic nitrogens is 1. The average molecular weight is 542 g/mol. The summed E-state index contributed by atoms with van der Waals surface area (Å²) in [5.74, 6) is 0.898. The Bertz CT molecular complexity index is 1070. The second-order valence-corrected chi connectivity index (χ2v) is 9.89. The second-order valence-electron chi connectivity index (χ2n) is 4.95. The van der Waals surface area contributed by atoms with E-state index in [1.165, 1.54) is 24.4 Å². The molecule has 26 heavy (non-hydrogen) atoms. The Morgan fingerprint density at radius 3 is 2.50 bits per heavy atom. The lowest BCUT2D eigenvalue weighted by molar-refractivity contribution is 0.481. The Morgan fingerprint density at radius 2 is 1.88 bits per heavy atom. The van der Waals surface area contributed by atoms with Crippen molar-refractivity contribution in [2.75, 3.05) is 10.5 Å². The Balaban J connectivity index is 1.84. The minimum absolute atomic E-state index is 0.0144. The summed E-state index contributed by atoms with van der Waals surface area (Å²) in [4.78, 5) is 3.85. The van der Waals surface area contributed by atoms with Crippen LogP contribution in [0, 0.1) is 3.57 Å². The number of nitrogens with zero attached hydrogens (tertiary/aromatic N) is 1. The van der Waals surface area contributed by atoms with E-state index in [2.05, 4.69) is 32.3 Å². The molecule has 1 aromatic heterocycles. The van der Waals surface area contributed by atoms with Crippen molar-refractivity contribution in [1.82, 2.24) is 4.98 Å². The maximum Gasteiger partial charge on any atom is 0.263 e. The molecule has 1 heterocycles. The van der Waals surface area contributed by atoms with Crippen LogP contribution in [-0.2, 0) is 10.0 Å². The number of ether oxygens (including phenoxy) is 1. The molecule has 0 bridgehead atoms. The number of anilines is 2. The van der Waals surface area contributed by atoms with Crippen molar-refractivity contribution in [1.29, 1.82) is 0 Å². The molecule has 11 heteroatoms. The fourth-order valence-electron chi connectivity index (χ4n) is 1.94. The molecule has 6 nitrogen and oxygen atoms in total. The molecule has 0 radical (unpaired) electrons. The molecule has 0 spiro atoms. The van der Waals surface area contributed by atoms with Gasteiger partial charge in [0, 0.05) is 5.02 Å². The lowest BCUT2D eigenvalue weighted by atomic mass is 10.3. The average Bonchev–Trinajstić information content (AvgIpc) is 2.95. The largest absolute Gasteiger partial charge is 0.454 e. The van der Waals surface area contributed by atoms with Crippen LogP contribution < -0.4 is 15.2 Å². The summed E-state index contributed by atoms with van der Waals surface area (Å²) in [5.41, 5.74) is 6.14. The zero-order chi connectivity index (χ0) is 18.9. The van der Waals surface area contributed by atoms with E-state index in [4.69, 9.17) is 33.7 Å². The molecular formula is C15H10Cl2IN3O3S2. The zero-order valence-electron chi connectivity index (χ0n) is 12.7. The molecule has 3 rings (SSSR count). The first kappa shape index (κ1) is 19.5. The number of nitrogen functional groups attached to an aromatic ring is 1. The molecule has 2 aromatic carbocycles. The number of thiazole rings is 1. The fourth-order valence-corrected chi connectivity index (χ4v) is 5.01. The highest BCUT2D eigenvalue weighted by atomic mass is 127. The highest BCUT2D eigenvalue weighted by Crippen LogP contribution is 2.34. The minimum atomic E-state index is -3.84. The molecule has 0 aliphatic rings. The van der Waals surface area contributed by atoms with Gasteiger partial charge >= 0.3 is 0 Å². The lowest BCUT2D eigenvalue weighted by Gasteiger charge is -2.12. The molecule has 0 aliphatic heterocycles. The number of nitrogens with two attached hydrogens (primary N) is 1. The first-order chi connectivity index (χ1) is 12.2. The lowest BCUT2D eigenvalue weighted by Crippen LogP contribution is -2.13. The number of benzene rings is 2. The van der Waals surface area contributed by atoms with Gasteiger partial charge in [-0.05, 0) is 59.0 Å². The van der Waals surface area contributed by atoms with E-state index in [0.717, 1.165) is 14.9 Å². The van der Waals surface area contributed by atoms with Gasteiger partial charge in [-0.3, -0.25) is 4.72 Å². The maximum atomic E-state index is 12.4. The van der Waals surface area contributed by atoms with Crippen molar-refractivity contribution in [3.05, 3.63) is 55.5 Å². The van der Waals surface area contributed by atoms with Gasteiger partial charge in [0.05, 0.1) is 20.3 Å². The van der Waals surface area contributed by atoms with Crippen LogP contribution in [0.25, 0.3) is 0 Å². The molecular weight excluding hydrogens is 532 g/mol. The molecule has 136 valence electrons. The van der Waals surface area contributed by atoms with Gasteiger partial charge in [0.25, 0.3) is 10.0 Å². The molecule has 0 saturated carbocycles. The van der Waals surface area contributed by atoms with Crippen LogP contribution >= 0.6 is 57.1 Å². The molecule has 0 fully saturated rings. The van der Waals surface area contributed by atoms with Crippen molar-refractivity contribution in [3.63, 3.8) is 0 Å². The van der Waals surface area contributed by atoms with E-state index in [9.17, 15) is 8.42 Å². The summed E-state index contributed by atoms with van der Waals surface area (Å²) < 4.78 is 34.1. The number of halogens is 3. The number of nitrogens with one attached hydrogen (secondary N) is 1. The van der Waals surface area contributed by atoms with Crippen LogP contribution in [0.3, 0.4) is 0 Å². The first-order valence-electron chi connectivity index (χ1n) is 6.91. The molecule has 0 unspecified atom stereocenters. The standard InChI is InChI=1S/C15H10Cl2IN3O3S2/c16-8-1-3-12(10(18)5-8)24-13-4-2-9(6-11(13)19)26(22,23)21-15-20-7-14(17)25-15/h1-7H,19H2,(H,20,21). The smallest absolute Gasteiger partial charge is 0.263 e. The quantitative estimate of drug-likeness (QED) is 0.340. The molecule has 0 amide bonds. The van der Waals surface area contributed by atoms with E-state index in [-0.39, 0.29) is 15.7 Å². The van der Waals surface area contributed by atoms with E-state index in [1.54, 1.807) is 18.2 Å². The number of rotatable bonds is 5. The molecule has 0 saturated heterocycles. The van der Waals surface area contributed by atoms with Gasteiger partial charge in [-0.1, -0.05) is 34.5 Å². The predicted octanol–water partition coefficient (Wildman–Crippen LogP) is 5.23. The third kappa shape index (κ3) is 4.52.